The van der Waals surface area contributed by atoms with Gasteiger partial charge in [0.05, 0.1) is 12.6 Å². The van der Waals surface area contributed by atoms with E-state index in [1.54, 1.807) is 6.07 Å². The summed E-state index contributed by atoms with van der Waals surface area (Å²) in [5, 5.41) is 0. The van der Waals surface area contributed by atoms with Gasteiger partial charge in [-0.1, -0.05) is 18.2 Å². The second-order valence-electron chi connectivity index (χ2n) is 8.78. The minimum atomic E-state index is -0.410. The van der Waals surface area contributed by atoms with Crippen LogP contribution in [0.1, 0.15) is 31.2 Å². The smallest absolute Gasteiger partial charge is 0.410 e. The Labute approximate surface area is 183 Å². The molecule has 31 heavy (non-hydrogen) atoms. The number of rotatable bonds is 8. The van der Waals surface area contributed by atoms with Crippen LogP contribution < -0.4 is 0 Å². The van der Waals surface area contributed by atoms with E-state index in [0.29, 0.717) is 38.7 Å². The third-order valence-electron chi connectivity index (χ3n) is 6.51. The molecule has 0 radical (unpaired) electrons. The van der Waals surface area contributed by atoms with Crippen molar-refractivity contribution in [2.75, 3.05) is 52.5 Å². The number of hydrogen-bond donors (Lipinski definition) is 0. The van der Waals surface area contributed by atoms with Crippen LogP contribution in [0.4, 0.5) is 9.18 Å². The van der Waals surface area contributed by atoms with E-state index >= 15 is 0 Å². The summed E-state index contributed by atoms with van der Waals surface area (Å²) in [4.78, 5) is 30.4. The van der Waals surface area contributed by atoms with Crippen LogP contribution in [0.15, 0.2) is 24.3 Å². The van der Waals surface area contributed by atoms with E-state index in [1.165, 1.54) is 11.0 Å². The first-order valence-corrected chi connectivity index (χ1v) is 11.4. The zero-order valence-corrected chi connectivity index (χ0v) is 18.0. The van der Waals surface area contributed by atoms with Crippen molar-refractivity contribution in [1.82, 2.24) is 14.7 Å². The highest BCUT2D eigenvalue weighted by Gasteiger charge is 2.31. The Hall–Kier alpha value is -2.19. The molecule has 3 heterocycles. The Kier molecular flexibility index (Phi) is 7.40. The molecule has 1 atom stereocenters. The molecular formula is C23H32FN3O4. The van der Waals surface area contributed by atoms with Crippen LogP contribution in [0.2, 0.25) is 0 Å². The highest BCUT2D eigenvalue weighted by molar-refractivity contribution is 5.83. The monoisotopic (exact) mass is 433 g/mol. The molecule has 2 amide bonds. The Balaban J connectivity index is 1.30. The third-order valence-corrected chi connectivity index (χ3v) is 6.51. The molecule has 3 fully saturated rings. The summed E-state index contributed by atoms with van der Waals surface area (Å²) >= 11 is 0. The molecule has 0 aliphatic carbocycles. The fourth-order valence-corrected chi connectivity index (χ4v) is 4.65. The largest absolute Gasteiger partial charge is 0.448 e. The average Bonchev–Trinajstić information content (AvgIpc) is 3.42. The van der Waals surface area contributed by atoms with Gasteiger partial charge in [0.2, 0.25) is 5.91 Å². The first-order chi connectivity index (χ1) is 15.1. The van der Waals surface area contributed by atoms with Crippen LogP contribution in [0.25, 0.3) is 0 Å². The molecule has 0 spiro atoms. The van der Waals surface area contributed by atoms with Crippen LogP contribution in [0.5, 0.6) is 0 Å². The number of cyclic esters (lactones) is 1. The Morgan fingerprint density at radius 3 is 2.58 bits per heavy atom. The van der Waals surface area contributed by atoms with Crippen molar-refractivity contribution < 1.29 is 23.5 Å². The minimum absolute atomic E-state index is 0.0388. The molecular weight excluding hydrogens is 401 g/mol. The second-order valence-corrected chi connectivity index (χ2v) is 8.78. The molecule has 3 saturated heterocycles. The molecule has 1 aromatic carbocycles. The SMILES string of the molecule is O=C(CN1CCOC1=O)N(CC1CCN(Cc2ccccc2F)CC1)CC1CCCO1. The number of nitrogens with zero attached hydrogens (tertiary/aromatic N) is 3. The third kappa shape index (κ3) is 5.95. The fourth-order valence-electron chi connectivity index (χ4n) is 4.65. The maximum absolute atomic E-state index is 14.0. The molecule has 8 heteroatoms. The molecule has 0 aromatic heterocycles. The number of ether oxygens (including phenoxy) is 2. The van der Waals surface area contributed by atoms with Crippen LogP contribution in [0.3, 0.4) is 0 Å². The molecule has 0 bridgehead atoms. The molecule has 3 aliphatic rings. The van der Waals surface area contributed by atoms with Gasteiger partial charge in [-0.3, -0.25) is 14.6 Å². The summed E-state index contributed by atoms with van der Waals surface area (Å²) in [5.74, 6) is 0.203. The minimum Gasteiger partial charge on any atom is -0.448 e. The zero-order chi connectivity index (χ0) is 21.6. The zero-order valence-electron chi connectivity index (χ0n) is 18.0. The van der Waals surface area contributed by atoms with Crippen LogP contribution in [0, 0.1) is 11.7 Å². The lowest BCUT2D eigenvalue weighted by atomic mass is 9.95. The van der Waals surface area contributed by atoms with E-state index < -0.39 is 6.09 Å². The van der Waals surface area contributed by atoms with Gasteiger partial charge in [0.25, 0.3) is 0 Å². The van der Waals surface area contributed by atoms with Crippen molar-refractivity contribution in [3.8, 4) is 0 Å². The Bertz CT molecular complexity index is 763. The number of likely N-dealkylation sites (tertiary alicyclic amines) is 1. The molecule has 0 N–H and O–H groups in total. The lowest BCUT2D eigenvalue weighted by Crippen LogP contribution is -2.47. The lowest BCUT2D eigenvalue weighted by Gasteiger charge is -2.36. The predicted octanol–water partition coefficient (Wildman–Crippen LogP) is 2.50. The van der Waals surface area contributed by atoms with Crippen LogP contribution in [-0.4, -0.2) is 85.3 Å². The van der Waals surface area contributed by atoms with E-state index in [9.17, 15) is 14.0 Å². The Morgan fingerprint density at radius 1 is 1.10 bits per heavy atom. The number of benzene rings is 1. The van der Waals surface area contributed by atoms with Crippen LogP contribution >= 0.6 is 0 Å². The van der Waals surface area contributed by atoms with Crippen molar-refractivity contribution >= 4 is 12.0 Å². The maximum Gasteiger partial charge on any atom is 0.410 e. The van der Waals surface area contributed by atoms with E-state index in [4.69, 9.17) is 9.47 Å². The van der Waals surface area contributed by atoms with Gasteiger partial charge >= 0.3 is 6.09 Å². The van der Waals surface area contributed by atoms with Crippen molar-refractivity contribution in [3.05, 3.63) is 35.6 Å². The summed E-state index contributed by atoms with van der Waals surface area (Å²) in [5.41, 5.74) is 0.730. The summed E-state index contributed by atoms with van der Waals surface area (Å²) in [6, 6.07) is 6.93. The summed E-state index contributed by atoms with van der Waals surface area (Å²) in [6.07, 6.45) is 3.60. The van der Waals surface area contributed by atoms with Crippen molar-refractivity contribution in [3.63, 3.8) is 0 Å². The van der Waals surface area contributed by atoms with Gasteiger partial charge < -0.3 is 14.4 Å². The fraction of sp³-hybridized carbons (Fsp3) is 0.652. The molecule has 7 nitrogen and oxygen atoms in total. The van der Waals surface area contributed by atoms with Crippen LogP contribution in [-0.2, 0) is 20.8 Å². The van der Waals surface area contributed by atoms with Gasteiger partial charge in [-0.25, -0.2) is 9.18 Å². The summed E-state index contributed by atoms with van der Waals surface area (Å²) in [6.45, 7) is 5.28. The highest BCUT2D eigenvalue weighted by Crippen LogP contribution is 2.23. The van der Waals surface area contributed by atoms with Crippen molar-refractivity contribution in [1.29, 1.82) is 0 Å². The highest BCUT2D eigenvalue weighted by atomic mass is 19.1. The maximum atomic E-state index is 14.0. The van der Waals surface area contributed by atoms with E-state index in [2.05, 4.69) is 4.90 Å². The van der Waals surface area contributed by atoms with Crippen molar-refractivity contribution in [2.24, 2.45) is 5.92 Å². The van der Waals surface area contributed by atoms with E-state index in [0.717, 1.165) is 50.9 Å². The van der Waals surface area contributed by atoms with Gasteiger partial charge in [-0.05, 0) is 50.8 Å². The van der Waals surface area contributed by atoms with E-state index in [1.807, 2.05) is 17.0 Å². The van der Waals surface area contributed by atoms with Gasteiger partial charge in [-0.2, -0.15) is 0 Å². The molecule has 3 aliphatic heterocycles. The first kappa shape index (κ1) is 22.0. The van der Waals surface area contributed by atoms with Gasteiger partial charge in [0, 0.05) is 31.8 Å². The number of carbonyl (C=O) groups is 2. The number of halogens is 1. The average molecular weight is 434 g/mol. The predicted molar refractivity (Wildman–Crippen MR) is 113 cm³/mol. The number of hydrogen-bond acceptors (Lipinski definition) is 5. The molecule has 170 valence electrons. The first-order valence-electron chi connectivity index (χ1n) is 11.4. The quantitative estimate of drug-likeness (QED) is 0.630. The molecule has 1 unspecified atom stereocenters. The normalized spacial score (nSPS) is 22.7. The van der Waals surface area contributed by atoms with Crippen molar-refractivity contribution in [2.45, 2.75) is 38.3 Å². The van der Waals surface area contributed by atoms with Gasteiger partial charge in [0.15, 0.2) is 0 Å². The standard InChI is InChI=1S/C23H32FN3O4/c24-21-6-2-1-4-19(21)15-25-9-7-18(8-10-25)14-27(16-20-5-3-12-30-20)22(28)17-26-11-13-31-23(26)29/h1-2,4,6,18,20H,3,5,7-17H2. The second kappa shape index (κ2) is 10.4. The molecule has 0 saturated carbocycles. The molecule has 1 aromatic rings. The summed E-state index contributed by atoms with van der Waals surface area (Å²) in [7, 11) is 0. The summed E-state index contributed by atoms with van der Waals surface area (Å²) < 4.78 is 24.7. The topological polar surface area (TPSA) is 62.3 Å². The van der Waals surface area contributed by atoms with E-state index in [-0.39, 0.29) is 24.4 Å². The molecule has 4 rings (SSSR count). The number of piperidine rings is 1. The number of carbonyl (C=O) groups excluding carboxylic acids is 2. The number of amides is 2. The van der Waals surface area contributed by atoms with Gasteiger partial charge in [-0.15, -0.1) is 0 Å². The van der Waals surface area contributed by atoms with Gasteiger partial charge in [0.1, 0.15) is 19.0 Å². The lowest BCUT2D eigenvalue weighted by molar-refractivity contribution is -0.134. The Morgan fingerprint density at radius 2 is 1.90 bits per heavy atom.